The van der Waals surface area contributed by atoms with Gasteiger partial charge in [-0.15, -0.1) is 0 Å². The summed E-state index contributed by atoms with van der Waals surface area (Å²) in [4.78, 5) is 11.2. The molecule has 1 rings (SSSR count). The minimum absolute atomic E-state index is 0.00296. The fourth-order valence-corrected chi connectivity index (χ4v) is 1.46. The van der Waals surface area contributed by atoms with E-state index in [2.05, 4.69) is 5.32 Å². The molecule has 3 N–H and O–H groups in total. The van der Waals surface area contributed by atoms with E-state index in [9.17, 15) is 4.79 Å². The summed E-state index contributed by atoms with van der Waals surface area (Å²) in [5, 5.41) is 3.51. The number of hydrogen-bond donors (Lipinski definition) is 2. The average molecular weight is 227 g/mol. The molecule has 4 heteroatoms. The Morgan fingerprint density at radius 2 is 1.93 bits per heavy atom. The summed E-state index contributed by atoms with van der Waals surface area (Å²) >= 11 is 5.79. The Kier molecular flexibility index (Phi) is 3.72. The maximum absolute atomic E-state index is 11.2. The third kappa shape index (κ3) is 3.22. The number of carbonyl (C=O) groups excluding carboxylic acids is 1. The van der Waals surface area contributed by atoms with Crippen LogP contribution in [0.25, 0.3) is 0 Å². The molecule has 0 heterocycles. The summed E-state index contributed by atoms with van der Waals surface area (Å²) in [5.74, 6) is -0.171. The van der Waals surface area contributed by atoms with Gasteiger partial charge < -0.3 is 11.1 Å². The second-order valence-corrected chi connectivity index (χ2v) is 4.32. The lowest BCUT2D eigenvalue weighted by molar-refractivity contribution is -0.121. The minimum Gasteiger partial charge on any atom is -0.346 e. The Balaban J connectivity index is 2.85. The second-order valence-electron chi connectivity index (χ2n) is 3.88. The molecular weight excluding hydrogens is 212 g/mol. The zero-order chi connectivity index (χ0) is 11.5. The van der Waals surface area contributed by atoms with Crippen LogP contribution in [0.3, 0.4) is 0 Å². The van der Waals surface area contributed by atoms with Gasteiger partial charge in [-0.05, 0) is 31.5 Å². The normalized spacial score (nSPS) is 11.2. The topological polar surface area (TPSA) is 55.1 Å². The molecular formula is C11H15ClN2O. The first-order chi connectivity index (χ1) is 6.95. The predicted molar refractivity (Wildman–Crippen MR) is 61.7 cm³/mol. The summed E-state index contributed by atoms with van der Waals surface area (Å²) in [7, 11) is 0. The first-order valence-electron chi connectivity index (χ1n) is 4.73. The molecule has 0 atom stereocenters. The van der Waals surface area contributed by atoms with Crippen molar-refractivity contribution < 1.29 is 4.79 Å². The van der Waals surface area contributed by atoms with Gasteiger partial charge in [0.1, 0.15) is 0 Å². The number of hydrogen-bond acceptors (Lipinski definition) is 2. The highest BCUT2D eigenvalue weighted by Crippen LogP contribution is 2.21. The van der Waals surface area contributed by atoms with Crippen LogP contribution in [0.15, 0.2) is 24.3 Å². The summed E-state index contributed by atoms with van der Waals surface area (Å²) in [5.41, 5.74) is 5.81. The molecule has 0 saturated heterocycles. The fraction of sp³-hybridized carbons (Fsp3) is 0.364. The molecule has 0 unspecified atom stereocenters. The molecule has 0 aromatic heterocycles. The van der Waals surface area contributed by atoms with Crippen LogP contribution < -0.4 is 11.1 Å². The molecule has 0 aliphatic heterocycles. The highest BCUT2D eigenvalue weighted by molar-refractivity contribution is 6.30. The highest BCUT2D eigenvalue weighted by Gasteiger charge is 2.21. The Bertz CT molecular complexity index is 346. The van der Waals surface area contributed by atoms with Crippen LogP contribution in [-0.4, -0.2) is 12.5 Å². The standard InChI is InChI=1S/C11H15ClN2O/c1-11(2,14-10(15)7-13)8-3-5-9(12)6-4-8/h3-6H,7,13H2,1-2H3,(H,14,15). The Labute approximate surface area is 94.6 Å². The first kappa shape index (κ1) is 12.0. The van der Waals surface area contributed by atoms with Crippen LogP contribution >= 0.6 is 11.6 Å². The molecule has 0 radical (unpaired) electrons. The van der Waals surface area contributed by atoms with Crippen molar-refractivity contribution in [2.45, 2.75) is 19.4 Å². The minimum atomic E-state index is -0.430. The largest absolute Gasteiger partial charge is 0.346 e. The predicted octanol–water partition coefficient (Wildman–Crippen LogP) is 1.65. The van der Waals surface area contributed by atoms with E-state index < -0.39 is 5.54 Å². The molecule has 82 valence electrons. The third-order valence-electron chi connectivity index (χ3n) is 2.20. The molecule has 0 aliphatic carbocycles. The summed E-state index contributed by atoms with van der Waals surface area (Å²) in [6, 6.07) is 7.37. The molecule has 0 spiro atoms. The lowest BCUT2D eigenvalue weighted by Gasteiger charge is -2.26. The highest BCUT2D eigenvalue weighted by atomic mass is 35.5. The summed E-state index contributed by atoms with van der Waals surface area (Å²) in [6.07, 6.45) is 0. The number of halogens is 1. The van der Waals surface area contributed by atoms with Gasteiger partial charge in [-0.2, -0.15) is 0 Å². The lowest BCUT2D eigenvalue weighted by Crippen LogP contribution is -2.43. The van der Waals surface area contributed by atoms with Crippen LogP contribution in [0.2, 0.25) is 5.02 Å². The molecule has 0 aliphatic rings. The van der Waals surface area contributed by atoms with Crippen molar-refractivity contribution in [3.05, 3.63) is 34.9 Å². The van der Waals surface area contributed by atoms with Gasteiger partial charge in [-0.1, -0.05) is 23.7 Å². The van der Waals surface area contributed by atoms with Crippen molar-refractivity contribution in [2.24, 2.45) is 5.73 Å². The van der Waals surface area contributed by atoms with Crippen molar-refractivity contribution >= 4 is 17.5 Å². The van der Waals surface area contributed by atoms with Gasteiger partial charge in [0.2, 0.25) is 5.91 Å². The molecule has 0 bridgehead atoms. The number of rotatable bonds is 3. The van der Waals surface area contributed by atoms with Gasteiger partial charge in [0.25, 0.3) is 0 Å². The van der Waals surface area contributed by atoms with Crippen LogP contribution in [0.1, 0.15) is 19.4 Å². The third-order valence-corrected chi connectivity index (χ3v) is 2.46. The van der Waals surface area contributed by atoms with Crippen molar-refractivity contribution in [3.63, 3.8) is 0 Å². The number of benzene rings is 1. The van der Waals surface area contributed by atoms with E-state index in [4.69, 9.17) is 17.3 Å². The van der Waals surface area contributed by atoms with Crippen LogP contribution in [0, 0.1) is 0 Å². The lowest BCUT2D eigenvalue weighted by atomic mass is 9.94. The Hall–Kier alpha value is -1.06. The number of carbonyl (C=O) groups is 1. The van der Waals surface area contributed by atoms with Crippen LogP contribution in [0.4, 0.5) is 0 Å². The van der Waals surface area contributed by atoms with E-state index in [1.54, 1.807) is 12.1 Å². The molecule has 0 saturated carbocycles. The van der Waals surface area contributed by atoms with E-state index in [1.165, 1.54) is 0 Å². The molecule has 15 heavy (non-hydrogen) atoms. The number of nitrogens with two attached hydrogens (primary N) is 1. The number of nitrogens with one attached hydrogen (secondary N) is 1. The monoisotopic (exact) mass is 226 g/mol. The van der Waals surface area contributed by atoms with Crippen LogP contribution in [0.5, 0.6) is 0 Å². The Morgan fingerprint density at radius 3 is 2.40 bits per heavy atom. The number of amides is 1. The van der Waals surface area contributed by atoms with Gasteiger partial charge in [0.05, 0.1) is 12.1 Å². The maximum Gasteiger partial charge on any atom is 0.234 e. The smallest absolute Gasteiger partial charge is 0.234 e. The van der Waals surface area contributed by atoms with E-state index in [0.29, 0.717) is 5.02 Å². The zero-order valence-corrected chi connectivity index (χ0v) is 9.64. The quantitative estimate of drug-likeness (QED) is 0.824. The molecule has 3 nitrogen and oxygen atoms in total. The SMILES string of the molecule is CC(C)(NC(=O)CN)c1ccc(Cl)cc1. The van der Waals surface area contributed by atoms with Crippen molar-refractivity contribution in [2.75, 3.05) is 6.54 Å². The zero-order valence-electron chi connectivity index (χ0n) is 8.88. The van der Waals surface area contributed by atoms with Gasteiger partial charge in [-0.3, -0.25) is 4.79 Å². The average Bonchev–Trinajstić information content (AvgIpc) is 2.17. The molecule has 1 aromatic carbocycles. The summed E-state index contributed by atoms with van der Waals surface area (Å²) < 4.78 is 0. The van der Waals surface area contributed by atoms with Crippen molar-refractivity contribution in [3.8, 4) is 0 Å². The van der Waals surface area contributed by atoms with Gasteiger partial charge in [0, 0.05) is 5.02 Å². The van der Waals surface area contributed by atoms with E-state index in [1.807, 2.05) is 26.0 Å². The van der Waals surface area contributed by atoms with E-state index in [-0.39, 0.29) is 12.5 Å². The Morgan fingerprint density at radius 1 is 1.40 bits per heavy atom. The first-order valence-corrected chi connectivity index (χ1v) is 5.10. The van der Waals surface area contributed by atoms with E-state index >= 15 is 0 Å². The second kappa shape index (κ2) is 4.64. The van der Waals surface area contributed by atoms with Crippen molar-refractivity contribution in [1.29, 1.82) is 0 Å². The van der Waals surface area contributed by atoms with Crippen molar-refractivity contribution in [1.82, 2.24) is 5.32 Å². The van der Waals surface area contributed by atoms with Gasteiger partial charge >= 0.3 is 0 Å². The van der Waals surface area contributed by atoms with Gasteiger partial charge in [-0.25, -0.2) is 0 Å². The fourth-order valence-electron chi connectivity index (χ4n) is 1.34. The molecule has 0 fully saturated rings. The van der Waals surface area contributed by atoms with Crippen LogP contribution in [-0.2, 0) is 10.3 Å². The molecule has 1 amide bonds. The molecule has 1 aromatic rings. The summed E-state index contributed by atoms with van der Waals surface area (Å²) in [6.45, 7) is 3.84. The van der Waals surface area contributed by atoms with E-state index in [0.717, 1.165) is 5.56 Å². The van der Waals surface area contributed by atoms with Gasteiger partial charge in [0.15, 0.2) is 0 Å². The maximum atomic E-state index is 11.2.